The summed E-state index contributed by atoms with van der Waals surface area (Å²) in [6.45, 7) is 6.21. The van der Waals surface area contributed by atoms with Gasteiger partial charge in [0.15, 0.2) is 0 Å². The van der Waals surface area contributed by atoms with Gasteiger partial charge in [0.25, 0.3) is 0 Å². The van der Waals surface area contributed by atoms with Gasteiger partial charge in [-0.2, -0.15) is 0 Å². The lowest BCUT2D eigenvalue weighted by atomic mass is 9.86. The van der Waals surface area contributed by atoms with Crippen molar-refractivity contribution >= 4 is 29.1 Å². The Bertz CT molecular complexity index is 469. The van der Waals surface area contributed by atoms with Crippen molar-refractivity contribution in [2.24, 2.45) is 11.1 Å². The molecule has 0 aliphatic rings. The highest BCUT2D eigenvalue weighted by molar-refractivity contribution is 6.42. The van der Waals surface area contributed by atoms with Crippen LogP contribution in [0.15, 0.2) is 18.2 Å². The molecule has 0 fully saturated rings. The second kappa shape index (κ2) is 6.12. The minimum atomic E-state index is -0.546. The zero-order valence-corrected chi connectivity index (χ0v) is 13.2. The minimum absolute atomic E-state index is 0.108. The fraction of sp³-hybridized carbons (Fsp3) is 0.500. The fourth-order valence-electron chi connectivity index (χ4n) is 1.61. The molecule has 19 heavy (non-hydrogen) atoms. The Kier molecular flexibility index (Phi) is 5.25. The van der Waals surface area contributed by atoms with Crippen LogP contribution >= 0.6 is 23.2 Å². The van der Waals surface area contributed by atoms with Crippen molar-refractivity contribution in [3.05, 3.63) is 33.8 Å². The summed E-state index contributed by atoms with van der Waals surface area (Å²) < 4.78 is 0. The molecule has 1 atom stereocenters. The second-order valence-electron chi connectivity index (χ2n) is 5.75. The van der Waals surface area contributed by atoms with Gasteiger partial charge < -0.3 is 10.6 Å². The van der Waals surface area contributed by atoms with Gasteiger partial charge in [-0.05, 0) is 17.0 Å². The Morgan fingerprint density at radius 3 is 2.47 bits per heavy atom. The molecule has 2 N–H and O–H groups in total. The van der Waals surface area contributed by atoms with Crippen molar-refractivity contribution < 1.29 is 4.79 Å². The van der Waals surface area contributed by atoms with Crippen molar-refractivity contribution in [1.29, 1.82) is 0 Å². The van der Waals surface area contributed by atoms with E-state index in [4.69, 9.17) is 28.9 Å². The molecule has 1 rings (SSSR count). The summed E-state index contributed by atoms with van der Waals surface area (Å²) in [7, 11) is 1.71. The van der Waals surface area contributed by atoms with Gasteiger partial charge in [-0.3, -0.25) is 4.79 Å². The van der Waals surface area contributed by atoms with E-state index in [1.54, 1.807) is 18.0 Å². The first-order valence-corrected chi connectivity index (χ1v) is 6.83. The van der Waals surface area contributed by atoms with Crippen molar-refractivity contribution in [2.75, 3.05) is 7.05 Å². The Morgan fingerprint density at radius 1 is 1.37 bits per heavy atom. The van der Waals surface area contributed by atoms with E-state index in [1.165, 1.54) is 0 Å². The van der Waals surface area contributed by atoms with Crippen LogP contribution in [0.25, 0.3) is 0 Å². The molecule has 0 spiro atoms. The topological polar surface area (TPSA) is 46.3 Å². The SMILES string of the molecule is CN(Cc1cccc(Cl)c1Cl)C(=O)C(N)C(C)(C)C. The first kappa shape index (κ1) is 16.3. The summed E-state index contributed by atoms with van der Waals surface area (Å²) in [5.74, 6) is -0.108. The normalized spacial score (nSPS) is 13.2. The molecule has 0 aromatic heterocycles. The monoisotopic (exact) mass is 302 g/mol. The second-order valence-corrected chi connectivity index (χ2v) is 6.54. The van der Waals surface area contributed by atoms with E-state index in [-0.39, 0.29) is 11.3 Å². The van der Waals surface area contributed by atoms with E-state index in [9.17, 15) is 4.79 Å². The zero-order chi connectivity index (χ0) is 14.8. The highest BCUT2D eigenvalue weighted by Gasteiger charge is 2.29. The third kappa shape index (κ3) is 4.10. The maximum absolute atomic E-state index is 12.2. The average Bonchev–Trinajstić information content (AvgIpc) is 2.31. The Hall–Kier alpha value is -0.770. The molecule has 1 aromatic rings. The van der Waals surface area contributed by atoms with Crippen molar-refractivity contribution in [1.82, 2.24) is 4.90 Å². The van der Waals surface area contributed by atoms with Gasteiger partial charge in [0.1, 0.15) is 0 Å². The third-order valence-electron chi connectivity index (χ3n) is 3.01. The quantitative estimate of drug-likeness (QED) is 0.931. The number of rotatable bonds is 3. The van der Waals surface area contributed by atoms with Crippen molar-refractivity contribution in [3.8, 4) is 0 Å². The molecule has 3 nitrogen and oxygen atoms in total. The van der Waals surface area contributed by atoms with E-state index in [1.807, 2.05) is 32.9 Å². The Labute approximate surface area is 124 Å². The standard InChI is InChI=1S/C14H20Cl2N2O/c1-14(2,3)12(17)13(19)18(4)8-9-6-5-7-10(15)11(9)16/h5-7,12H,8,17H2,1-4H3. The van der Waals surface area contributed by atoms with Crippen LogP contribution in [-0.2, 0) is 11.3 Å². The van der Waals surface area contributed by atoms with E-state index < -0.39 is 6.04 Å². The number of nitrogens with two attached hydrogens (primary N) is 1. The number of carbonyl (C=O) groups is 1. The average molecular weight is 303 g/mol. The molecule has 0 radical (unpaired) electrons. The van der Waals surface area contributed by atoms with Gasteiger partial charge >= 0.3 is 0 Å². The molecule has 1 unspecified atom stereocenters. The third-order valence-corrected chi connectivity index (χ3v) is 3.87. The van der Waals surface area contributed by atoms with E-state index >= 15 is 0 Å². The maximum Gasteiger partial charge on any atom is 0.240 e. The molecule has 0 saturated carbocycles. The smallest absolute Gasteiger partial charge is 0.240 e. The van der Waals surface area contributed by atoms with Gasteiger partial charge in [-0.25, -0.2) is 0 Å². The van der Waals surface area contributed by atoms with Crippen LogP contribution in [0.2, 0.25) is 10.0 Å². The molecule has 0 heterocycles. The molecular formula is C14H20Cl2N2O. The molecule has 0 bridgehead atoms. The van der Waals surface area contributed by atoms with Crippen LogP contribution in [-0.4, -0.2) is 23.9 Å². The fourth-order valence-corrected chi connectivity index (χ4v) is 1.99. The maximum atomic E-state index is 12.2. The van der Waals surface area contributed by atoms with Crippen molar-refractivity contribution in [2.45, 2.75) is 33.4 Å². The number of benzene rings is 1. The summed E-state index contributed by atoms with van der Waals surface area (Å²) in [6, 6.07) is 4.83. The van der Waals surface area contributed by atoms with Crippen molar-refractivity contribution in [3.63, 3.8) is 0 Å². The first-order chi connectivity index (χ1) is 8.64. The molecule has 5 heteroatoms. The van der Waals surface area contributed by atoms with E-state index in [2.05, 4.69) is 0 Å². The van der Waals surface area contributed by atoms with Gasteiger partial charge in [0, 0.05) is 13.6 Å². The van der Waals surface area contributed by atoms with Crippen LogP contribution in [0.4, 0.5) is 0 Å². The molecule has 1 aromatic carbocycles. The van der Waals surface area contributed by atoms with Crippen LogP contribution in [0, 0.1) is 5.41 Å². The Balaban J connectivity index is 2.83. The lowest BCUT2D eigenvalue weighted by Gasteiger charge is -2.30. The molecule has 1 amide bonds. The first-order valence-electron chi connectivity index (χ1n) is 6.08. The lowest BCUT2D eigenvalue weighted by Crippen LogP contribution is -2.48. The number of hydrogen-bond acceptors (Lipinski definition) is 2. The summed E-state index contributed by atoms with van der Waals surface area (Å²) in [6.07, 6.45) is 0. The van der Waals surface area contributed by atoms with Gasteiger partial charge in [-0.1, -0.05) is 56.1 Å². The summed E-state index contributed by atoms with van der Waals surface area (Å²) >= 11 is 12.1. The number of likely N-dealkylation sites (N-methyl/N-ethyl adjacent to an activating group) is 1. The number of halogens is 2. The van der Waals surface area contributed by atoms with Crippen LogP contribution < -0.4 is 5.73 Å². The minimum Gasteiger partial charge on any atom is -0.340 e. The zero-order valence-electron chi connectivity index (χ0n) is 11.7. The van der Waals surface area contributed by atoms with Crippen LogP contribution in [0.3, 0.4) is 0 Å². The van der Waals surface area contributed by atoms with E-state index in [0.29, 0.717) is 16.6 Å². The molecular weight excluding hydrogens is 283 g/mol. The number of amides is 1. The molecule has 0 saturated heterocycles. The number of nitrogens with zero attached hydrogens (tertiary/aromatic N) is 1. The largest absolute Gasteiger partial charge is 0.340 e. The molecule has 106 valence electrons. The highest BCUT2D eigenvalue weighted by atomic mass is 35.5. The summed E-state index contributed by atoms with van der Waals surface area (Å²) in [5.41, 5.74) is 6.50. The Morgan fingerprint density at radius 2 is 1.95 bits per heavy atom. The van der Waals surface area contributed by atoms with Gasteiger partial charge in [0.2, 0.25) is 5.91 Å². The number of hydrogen-bond donors (Lipinski definition) is 1. The summed E-state index contributed by atoms with van der Waals surface area (Å²) in [5, 5.41) is 0.966. The predicted molar refractivity (Wildman–Crippen MR) is 80.4 cm³/mol. The van der Waals surface area contributed by atoms with Crippen LogP contribution in [0.1, 0.15) is 26.3 Å². The lowest BCUT2D eigenvalue weighted by molar-refractivity contribution is -0.134. The molecule has 0 aliphatic heterocycles. The number of carbonyl (C=O) groups excluding carboxylic acids is 1. The van der Waals surface area contributed by atoms with Gasteiger partial charge in [0.05, 0.1) is 16.1 Å². The van der Waals surface area contributed by atoms with Crippen LogP contribution in [0.5, 0.6) is 0 Å². The predicted octanol–water partition coefficient (Wildman–Crippen LogP) is 3.33. The molecule has 0 aliphatic carbocycles. The van der Waals surface area contributed by atoms with Gasteiger partial charge in [-0.15, -0.1) is 0 Å². The van der Waals surface area contributed by atoms with E-state index in [0.717, 1.165) is 5.56 Å². The summed E-state index contributed by atoms with van der Waals surface area (Å²) in [4.78, 5) is 13.8. The highest BCUT2D eigenvalue weighted by Crippen LogP contribution is 2.27.